The summed E-state index contributed by atoms with van der Waals surface area (Å²) in [5.74, 6) is -0.379. The summed E-state index contributed by atoms with van der Waals surface area (Å²) in [5, 5.41) is 4.09. The average molecular weight is 256 g/mol. The molecule has 4 nitrogen and oxygen atoms in total. The number of aryl methyl sites for hydroxylation is 1. The zero-order chi connectivity index (χ0) is 13.2. The lowest BCUT2D eigenvalue weighted by Crippen LogP contribution is -2.30. The molecule has 0 spiro atoms. The Bertz CT molecular complexity index is 407. The van der Waals surface area contributed by atoms with Gasteiger partial charge in [0.1, 0.15) is 0 Å². The number of thiazole rings is 1. The van der Waals surface area contributed by atoms with Crippen LogP contribution in [0.3, 0.4) is 0 Å². The number of carbonyl (C=O) groups is 1. The third kappa shape index (κ3) is 3.43. The van der Waals surface area contributed by atoms with Gasteiger partial charge in [0.15, 0.2) is 10.8 Å². The molecule has 1 N–H and O–H groups in total. The van der Waals surface area contributed by atoms with Crippen LogP contribution in [0.4, 0.5) is 5.13 Å². The van der Waals surface area contributed by atoms with Crippen LogP contribution in [0.15, 0.2) is 0 Å². The molecule has 0 radical (unpaired) electrons. The first-order valence-corrected chi connectivity index (χ1v) is 6.39. The van der Waals surface area contributed by atoms with Crippen LogP contribution in [0.25, 0.3) is 0 Å². The van der Waals surface area contributed by atoms with Crippen molar-refractivity contribution < 1.29 is 9.53 Å². The number of anilines is 1. The number of carbonyl (C=O) groups excluding carboxylic acids is 1. The molecule has 1 atom stereocenters. The van der Waals surface area contributed by atoms with E-state index in [1.165, 1.54) is 18.4 Å². The van der Waals surface area contributed by atoms with Gasteiger partial charge in [0, 0.05) is 10.9 Å². The Hall–Kier alpha value is -1.10. The van der Waals surface area contributed by atoms with Gasteiger partial charge in [-0.1, -0.05) is 20.8 Å². The molecule has 1 aromatic heterocycles. The number of esters is 1. The number of rotatable bonds is 3. The molecule has 0 aromatic carbocycles. The number of nitrogens with zero attached hydrogens (tertiary/aromatic N) is 1. The highest BCUT2D eigenvalue weighted by Crippen LogP contribution is 2.27. The first-order valence-electron chi connectivity index (χ1n) is 5.58. The number of ether oxygens (including phenoxy) is 1. The molecule has 17 heavy (non-hydrogen) atoms. The minimum Gasteiger partial charge on any atom is -0.464 e. The van der Waals surface area contributed by atoms with E-state index in [0.717, 1.165) is 10.0 Å². The fourth-order valence-corrected chi connectivity index (χ4v) is 2.03. The summed E-state index contributed by atoms with van der Waals surface area (Å²) in [6.45, 7) is 10.5. The van der Waals surface area contributed by atoms with Crippen molar-refractivity contribution in [3.05, 3.63) is 10.6 Å². The van der Waals surface area contributed by atoms with Crippen LogP contribution in [0.5, 0.6) is 0 Å². The lowest BCUT2D eigenvalue weighted by molar-refractivity contribution is 0.0594. The van der Waals surface area contributed by atoms with Gasteiger partial charge in [-0.25, -0.2) is 9.78 Å². The van der Waals surface area contributed by atoms with Crippen molar-refractivity contribution in [3.8, 4) is 0 Å². The lowest BCUT2D eigenvalue weighted by atomic mass is 9.88. The summed E-state index contributed by atoms with van der Waals surface area (Å²) in [7, 11) is 1.37. The summed E-state index contributed by atoms with van der Waals surface area (Å²) in [6.07, 6.45) is 0. The lowest BCUT2D eigenvalue weighted by Gasteiger charge is -2.27. The maximum Gasteiger partial charge on any atom is 0.357 e. The smallest absolute Gasteiger partial charge is 0.357 e. The molecule has 0 saturated carbocycles. The van der Waals surface area contributed by atoms with Gasteiger partial charge in [0.25, 0.3) is 0 Å². The standard InChI is InChI=1S/C12H20N2O2S/c1-7-9(10(15)16-6)14-11(17-7)13-8(2)12(3,4)5/h8H,1-6H3,(H,13,14). The van der Waals surface area contributed by atoms with Crippen LogP contribution in [0, 0.1) is 12.3 Å². The van der Waals surface area contributed by atoms with Gasteiger partial charge in [0.2, 0.25) is 0 Å². The second kappa shape index (κ2) is 5.04. The summed E-state index contributed by atoms with van der Waals surface area (Å²) in [6, 6.07) is 0.276. The molecular formula is C12H20N2O2S. The Morgan fingerprint density at radius 1 is 1.47 bits per heavy atom. The van der Waals surface area contributed by atoms with E-state index in [0.29, 0.717) is 5.69 Å². The van der Waals surface area contributed by atoms with Gasteiger partial charge >= 0.3 is 5.97 Å². The van der Waals surface area contributed by atoms with Crippen molar-refractivity contribution in [2.75, 3.05) is 12.4 Å². The molecule has 1 aromatic rings. The zero-order valence-corrected chi connectivity index (χ0v) is 12.1. The predicted molar refractivity (Wildman–Crippen MR) is 70.7 cm³/mol. The monoisotopic (exact) mass is 256 g/mol. The molecule has 0 aliphatic rings. The Balaban J connectivity index is 2.84. The summed E-state index contributed by atoms with van der Waals surface area (Å²) in [5.41, 5.74) is 0.548. The largest absolute Gasteiger partial charge is 0.464 e. The zero-order valence-electron chi connectivity index (χ0n) is 11.2. The van der Waals surface area contributed by atoms with E-state index in [1.807, 2.05) is 6.92 Å². The van der Waals surface area contributed by atoms with Gasteiger partial charge in [-0.05, 0) is 19.3 Å². The Kier molecular flexibility index (Phi) is 4.14. The van der Waals surface area contributed by atoms with Gasteiger partial charge in [-0.15, -0.1) is 11.3 Å². The maximum atomic E-state index is 11.4. The number of hydrogen-bond acceptors (Lipinski definition) is 5. The topological polar surface area (TPSA) is 51.2 Å². The van der Waals surface area contributed by atoms with E-state index in [2.05, 4.69) is 42.7 Å². The Morgan fingerprint density at radius 2 is 2.06 bits per heavy atom. The van der Waals surface area contributed by atoms with E-state index in [9.17, 15) is 4.79 Å². The third-order valence-corrected chi connectivity index (χ3v) is 3.72. The summed E-state index contributed by atoms with van der Waals surface area (Å²) < 4.78 is 4.68. The molecule has 0 saturated heterocycles. The van der Waals surface area contributed by atoms with Crippen molar-refractivity contribution in [1.29, 1.82) is 0 Å². The minimum atomic E-state index is -0.379. The maximum absolute atomic E-state index is 11.4. The van der Waals surface area contributed by atoms with Crippen LogP contribution in [0.1, 0.15) is 43.1 Å². The average Bonchev–Trinajstić information content (AvgIpc) is 2.57. The van der Waals surface area contributed by atoms with Gasteiger partial charge in [-0.3, -0.25) is 0 Å². The molecule has 0 amide bonds. The molecule has 1 unspecified atom stereocenters. The second-order valence-corrected chi connectivity index (χ2v) is 6.35. The van der Waals surface area contributed by atoms with Crippen LogP contribution in [0.2, 0.25) is 0 Å². The van der Waals surface area contributed by atoms with Crippen molar-refractivity contribution in [2.24, 2.45) is 5.41 Å². The van der Waals surface area contributed by atoms with E-state index < -0.39 is 0 Å². The molecule has 0 aliphatic carbocycles. The van der Waals surface area contributed by atoms with Crippen molar-refractivity contribution >= 4 is 22.4 Å². The first-order chi connectivity index (χ1) is 7.75. The quantitative estimate of drug-likeness (QED) is 0.844. The molecular weight excluding hydrogens is 236 g/mol. The Labute approximate surface area is 106 Å². The fourth-order valence-electron chi connectivity index (χ4n) is 1.15. The van der Waals surface area contributed by atoms with Crippen LogP contribution in [-0.4, -0.2) is 24.1 Å². The molecule has 96 valence electrons. The highest BCUT2D eigenvalue weighted by molar-refractivity contribution is 7.15. The highest BCUT2D eigenvalue weighted by atomic mass is 32.1. The fraction of sp³-hybridized carbons (Fsp3) is 0.667. The molecule has 0 bridgehead atoms. The molecule has 1 heterocycles. The SMILES string of the molecule is COC(=O)c1nc(NC(C)C(C)(C)C)sc1C. The number of nitrogens with one attached hydrogen (secondary N) is 1. The van der Waals surface area contributed by atoms with Crippen molar-refractivity contribution in [1.82, 2.24) is 4.98 Å². The van der Waals surface area contributed by atoms with E-state index in [1.54, 1.807) is 0 Å². The van der Waals surface area contributed by atoms with E-state index >= 15 is 0 Å². The third-order valence-electron chi connectivity index (χ3n) is 2.81. The molecule has 0 aliphatic heterocycles. The summed E-state index contributed by atoms with van der Waals surface area (Å²) in [4.78, 5) is 16.6. The van der Waals surface area contributed by atoms with Gasteiger partial charge in [-0.2, -0.15) is 0 Å². The normalized spacial score (nSPS) is 13.3. The van der Waals surface area contributed by atoms with Gasteiger partial charge < -0.3 is 10.1 Å². The van der Waals surface area contributed by atoms with Crippen LogP contribution in [-0.2, 0) is 4.74 Å². The molecule has 0 fully saturated rings. The van der Waals surface area contributed by atoms with Gasteiger partial charge in [0.05, 0.1) is 7.11 Å². The predicted octanol–water partition coefficient (Wildman–Crippen LogP) is 3.08. The van der Waals surface area contributed by atoms with Crippen molar-refractivity contribution in [3.63, 3.8) is 0 Å². The van der Waals surface area contributed by atoms with E-state index in [-0.39, 0.29) is 17.4 Å². The number of aromatic nitrogens is 1. The first kappa shape index (κ1) is 14.0. The molecule has 5 heteroatoms. The van der Waals surface area contributed by atoms with Crippen LogP contribution >= 0.6 is 11.3 Å². The minimum absolute atomic E-state index is 0.144. The van der Waals surface area contributed by atoms with E-state index in [4.69, 9.17) is 0 Å². The van der Waals surface area contributed by atoms with Crippen LogP contribution < -0.4 is 5.32 Å². The highest BCUT2D eigenvalue weighted by Gasteiger charge is 2.22. The second-order valence-electron chi connectivity index (χ2n) is 5.15. The number of methoxy groups -OCH3 is 1. The molecule has 1 rings (SSSR count). The van der Waals surface area contributed by atoms with Crippen molar-refractivity contribution in [2.45, 2.75) is 40.7 Å². The number of hydrogen-bond donors (Lipinski definition) is 1. The summed E-state index contributed by atoms with van der Waals surface area (Å²) >= 11 is 1.48. The Morgan fingerprint density at radius 3 is 2.53 bits per heavy atom.